The highest BCUT2D eigenvalue weighted by Crippen LogP contribution is 2.26. The van der Waals surface area contributed by atoms with E-state index in [-0.39, 0.29) is 23.2 Å². The molecule has 2 aromatic heterocycles. The van der Waals surface area contributed by atoms with Gasteiger partial charge in [-0.3, -0.25) is 14.2 Å². The molecule has 36 heavy (non-hydrogen) atoms. The molecule has 0 spiro atoms. The summed E-state index contributed by atoms with van der Waals surface area (Å²) in [5.74, 6) is 0.223. The normalized spacial score (nSPS) is 15.6. The lowest BCUT2D eigenvalue weighted by atomic mass is 10.1. The van der Waals surface area contributed by atoms with E-state index in [1.807, 2.05) is 64.1 Å². The van der Waals surface area contributed by atoms with E-state index in [2.05, 4.69) is 10.6 Å². The maximum atomic E-state index is 13.6. The van der Waals surface area contributed by atoms with Crippen molar-refractivity contribution in [2.45, 2.75) is 58.3 Å². The van der Waals surface area contributed by atoms with Crippen LogP contribution in [0, 0.1) is 27.7 Å². The van der Waals surface area contributed by atoms with Crippen LogP contribution in [0.1, 0.15) is 45.7 Å². The molecule has 1 aliphatic rings. The van der Waals surface area contributed by atoms with Gasteiger partial charge in [0, 0.05) is 30.1 Å². The maximum Gasteiger partial charge on any atom is 0.266 e. The third-order valence-corrected chi connectivity index (χ3v) is 7.76. The summed E-state index contributed by atoms with van der Waals surface area (Å²) in [6.07, 6.45) is 2.36. The summed E-state index contributed by atoms with van der Waals surface area (Å²) >= 11 is 1.31. The van der Waals surface area contributed by atoms with Gasteiger partial charge < -0.3 is 9.30 Å². The van der Waals surface area contributed by atoms with Crippen molar-refractivity contribution in [2.24, 2.45) is 0 Å². The number of thioether (sulfide) groups is 1. The van der Waals surface area contributed by atoms with Gasteiger partial charge in [-0.15, -0.1) is 0 Å². The summed E-state index contributed by atoms with van der Waals surface area (Å²) in [5, 5.41) is 1.08. The predicted octanol–water partition coefficient (Wildman–Crippen LogP) is 5.57. The molecule has 186 valence electrons. The number of Topliss-reactive ketones (excluding diaryl/α,β-unsaturated/α-hetero) is 1. The molecule has 0 unspecified atom stereocenters. The summed E-state index contributed by atoms with van der Waals surface area (Å²) in [5.41, 5.74) is 6.15. The Balaban J connectivity index is 1.47. The Morgan fingerprint density at radius 3 is 2.56 bits per heavy atom. The van der Waals surface area contributed by atoms with Crippen LogP contribution in [0.4, 0.5) is 0 Å². The van der Waals surface area contributed by atoms with Gasteiger partial charge in [-0.1, -0.05) is 30.0 Å². The standard InChI is InChI=1S/C29H31N3O3S/c1-18-12-19(2)14-22(13-18)32-28(34)24-9-5-6-10-26(24)30-29(32)36-17-27(33)25-15-20(3)31(21(25)4)16-23-8-7-11-35-23/h5-6,9-10,12-15,23H,7-8,11,16-17H2,1-4H3/t23-/m0/s1. The molecule has 3 heterocycles. The molecule has 2 aromatic carbocycles. The zero-order valence-corrected chi connectivity index (χ0v) is 22.0. The fourth-order valence-corrected chi connectivity index (χ4v) is 5.98. The van der Waals surface area contributed by atoms with E-state index in [0.29, 0.717) is 16.1 Å². The van der Waals surface area contributed by atoms with E-state index >= 15 is 0 Å². The Hall–Kier alpha value is -3.16. The van der Waals surface area contributed by atoms with Gasteiger partial charge in [0.05, 0.1) is 28.4 Å². The molecule has 4 aromatic rings. The molecule has 1 saturated heterocycles. The number of aryl methyl sites for hydroxylation is 3. The Bertz CT molecular complexity index is 1490. The Morgan fingerprint density at radius 1 is 1.08 bits per heavy atom. The maximum absolute atomic E-state index is 13.6. The van der Waals surface area contributed by atoms with Crippen LogP contribution in [-0.2, 0) is 11.3 Å². The van der Waals surface area contributed by atoms with Crippen LogP contribution in [0.2, 0.25) is 0 Å². The lowest BCUT2D eigenvalue weighted by Crippen LogP contribution is -2.22. The Labute approximate surface area is 215 Å². The topological polar surface area (TPSA) is 66.1 Å². The van der Waals surface area contributed by atoms with Gasteiger partial charge in [0.25, 0.3) is 5.56 Å². The highest BCUT2D eigenvalue weighted by atomic mass is 32.2. The second-order valence-electron chi connectivity index (χ2n) is 9.64. The highest BCUT2D eigenvalue weighted by molar-refractivity contribution is 7.99. The summed E-state index contributed by atoms with van der Waals surface area (Å²) in [7, 11) is 0. The van der Waals surface area contributed by atoms with Crippen LogP contribution in [-0.4, -0.2) is 38.4 Å². The van der Waals surface area contributed by atoms with Gasteiger partial charge in [0.2, 0.25) is 0 Å². The molecule has 0 aliphatic carbocycles. The number of ketones is 1. The second-order valence-corrected chi connectivity index (χ2v) is 10.6. The van der Waals surface area contributed by atoms with Crippen LogP contribution < -0.4 is 5.56 Å². The van der Waals surface area contributed by atoms with Gasteiger partial charge in [-0.05, 0) is 82.0 Å². The van der Waals surface area contributed by atoms with Crippen LogP contribution >= 0.6 is 11.8 Å². The average molecular weight is 502 g/mol. The number of hydrogen-bond donors (Lipinski definition) is 0. The molecule has 0 amide bonds. The summed E-state index contributed by atoms with van der Waals surface area (Å²) in [6, 6.07) is 15.4. The molecule has 5 rings (SSSR count). The number of rotatable bonds is 7. The van der Waals surface area contributed by atoms with E-state index < -0.39 is 0 Å². The van der Waals surface area contributed by atoms with Crippen molar-refractivity contribution < 1.29 is 9.53 Å². The predicted molar refractivity (Wildman–Crippen MR) is 145 cm³/mol. The zero-order chi connectivity index (χ0) is 25.4. The van der Waals surface area contributed by atoms with E-state index in [1.165, 1.54) is 11.8 Å². The van der Waals surface area contributed by atoms with Gasteiger partial charge in [-0.25, -0.2) is 4.98 Å². The molecule has 0 radical (unpaired) electrons. The molecule has 0 N–H and O–H groups in total. The van der Waals surface area contributed by atoms with Gasteiger partial charge in [0.15, 0.2) is 10.9 Å². The van der Waals surface area contributed by atoms with E-state index in [0.717, 1.165) is 59.8 Å². The minimum atomic E-state index is -0.129. The fraction of sp³-hybridized carbons (Fsp3) is 0.345. The van der Waals surface area contributed by atoms with E-state index in [4.69, 9.17) is 9.72 Å². The molecule has 1 atom stereocenters. The lowest BCUT2D eigenvalue weighted by molar-refractivity contribution is 0.0957. The van der Waals surface area contributed by atoms with Crippen molar-refractivity contribution in [1.29, 1.82) is 0 Å². The van der Waals surface area contributed by atoms with Crippen molar-refractivity contribution >= 4 is 28.4 Å². The number of ether oxygens (including phenoxy) is 1. The number of carbonyl (C=O) groups is 1. The number of aromatic nitrogens is 3. The quantitative estimate of drug-likeness (QED) is 0.188. The van der Waals surface area contributed by atoms with E-state index in [1.54, 1.807) is 10.6 Å². The largest absolute Gasteiger partial charge is 0.376 e. The third kappa shape index (κ3) is 4.77. The third-order valence-electron chi connectivity index (χ3n) is 6.83. The van der Waals surface area contributed by atoms with Crippen molar-refractivity contribution in [3.63, 3.8) is 0 Å². The summed E-state index contributed by atoms with van der Waals surface area (Å²) in [4.78, 5) is 31.7. The minimum Gasteiger partial charge on any atom is -0.376 e. The van der Waals surface area contributed by atoms with Crippen LogP contribution in [0.15, 0.2) is 58.5 Å². The number of para-hydroxylation sites is 1. The van der Waals surface area contributed by atoms with Crippen LogP contribution in [0.5, 0.6) is 0 Å². The van der Waals surface area contributed by atoms with Crippen LogP contribution in [0.3, 0.4) is 0 Å². The first-order chi connectivity index (χ1) is 17.3. The first kappa shape index (κ1) is 24.5. The fourth-order valence-electron chi connectivity index (χ4n) is 5.08. The number of carbonyl (C=O) groups excluding carboxylic acids is 1. The Morgan fingerprint density at radius 2 is 1.83 bits per heavy atom. The Kier molecular flexibility index (Phi) is 6.86. The first-order valence-electron chi connectivity index (χ1n) is 12.4. The molecule has 1 fully saturated rings. The van der Waals surface area contributed by atoms with Crippen molar-refractivity contribution in [3.8, 4) is 5.69 Å². The zero-order valence-electron chi connectivity index (χ0n) is 21.2. The van der Waals surface area contributed by atoms with Crippen molar-refractivity contribution in [3.05, 3.63) is 87.0 Å². The first-order valence-corrected chi connectivity index (χ1v) is 13.3. The molecule has 7 heteroatoms. The van der Waals surface area contributed by atoms with Gasteiger partial charge in [-0.2, -0.15) is 0 Å². The lowest BCUT2D eigenvalue weighted by Gasteiger charge is -2.15. The van der Waals surface area contributed by atoms with Gasteiger partial charge >= 0.3 is 0 Å². The van der Waals surface area contributed by atoms with Crippen molar-refractivity contribution in [2.75, 3.05) is 12.4 Å². The highest BCUT2D eigenvalue weighted by Gasteiger charge is 2.22. The minimum absolute atomic E-state index is 0.0288. The molecule has 0 bridgehead atoms. The number of hydrogen-bond acceptors (Lipinski definition) is 5. The SMILES string of the molecule is Cc1cc(C)cc(-n2c(SCC(=O)c3cc(C)n(C[C@@H]4CCCO4)c3C)nc3ccccc3c2=O)c1. The van der Waals surface area contributed by atoms with Crippen LogP contribution in [0.25, 0.3) is 16.6 Å². The second kappa shape index (κ2) is 10.1. The molecule has 0 saturated carbocycles. The van der Waals surface area contributed by atoms with E-state index in [9.17, 15) is 9.59 Å². The number of fused-ring (bicyclic) bond motifs is 1. The monoisotopic (exact) mass is 501 g/mol. The smallest absolute Gasteiger partial charge is 0.266 e. The molecule has 6 nitrogen and oxygen atoms in total. The average Bonchev–Trinajstić information content (AvgIpc) is 3.46. The van der Waals surface area contributed by atoms with Crippen molar-refractivity contribution in [1.82, 2.24) is 14.1 Å². The van der Waals surface area contributed by atoms with Gasteiger partial charge in [0.1, 0.15) is 0 Å². The summed E-state index contributed by atoms with van der Waals surface area (Å²) in [6.45, 7) is 9.65. The number of nitrogens with zero attached hydrogens (tertiary/aromatic N) is 3. The molecule has 1 aliphatic heterocycles. The summed E-state index contributed by atoms with van der Waals surface area (Å²) < 4.78 is 9.64. The number of benzene rings is 2. The molecular formula is C29H31N3O3S. The molecular weight excluding hydrogens is 470 g/mol.